The Balaban J connectivity index is 1.53. The summed E-state index contributed by atoms with van der Waals surface area (Å²) >= 11 is 6.04. The van der Waals surface area contributed by atoms with Gasteiger partial charge in [0.15, 0.2) is 0 Å². The highest BCUT2D eigenvalue weighted by Crippen LogP contribution is 2.28. The van der Waals surface area contributed by atoms with Gasteiger partial charge < -0.3 is 4.98 Å². The molecule has 22 heavy (non-hydrogen) atoms. The fraction of sp³-hybridized carbons (Fsp3) is 0.353. The van der Waals surface area contributed by atoms with E-state index in [1.807, 2.05) is 24.7 Å². The Morgan fingerprint density at radius 2 is 1.95 bits per heavy atom. The zero-order valence-electron chi connectivity index (χ0n) is 12.2. The topological polar surface area (TPSA) is 54.5 Å². The van der Waals surface area contributed by atoms with Gasteiger partial charge in [0.1, 0.15) is 11.5 Å². The number of hydrogen-bond donors (Lipinski definition) is 1. The molecule has 3 aromatic rings. The van der Waals surface area contributed by atoms with Crippen molar-refractivity contribution < 1.29 is 0 Å². The molecule has 3 heterocycles. The van der Waals surface area contributed by atoms with Gasteiger partial charge in [-0.25, -0.2) is 15.0 Å². The largest absolute Gasteiger partial charge is 0.346 e. The van der Waals surface area contributed by atoms with Gasteiger partial charge in [-0.05, 0) is 23.1 Å². The summed E-state index contributed by atoms with van der Waals surface area (Å²) in [4.78, 5) is 16.5. The first-order valence-corrected chi connectivity index (χ1v) is 8.07. The third kappa shape index (κ3) is 2.71. The zero-order chi connectivity index (χ0) is 14.9. The van der Waals surface area contributed by atoms with Gasteiger partial charge in [0.2, 0.25) is 0 Å². The van der Waals surface area contributed by atoms with Gasteiger partial charge in [-0.3, -0.25) is 0 Å². The normalized spacial score (nSPS) is 15.1. The van der Waals surface area contributed by atoms with Crippen LogP contribution in [0.5, 0.6) is 0 Å². The molecule has 0 radical (unpaired) electrons. The Labute approximate surface area is 134 Å². The minimum absolute atomic E-state index is 0.653. The van der Waals surface area contributed by atoms with Gasteiger partial charge in [-0.2, -0.15) is 0 Å². The lowest BCUT2D eigenvalue weighted by Gasteiger charge is -2.24. The van der Waals surface area contributed by atoms with Crippen molar-refractivity contribution >= 4 is 22.6 Å². The van der Waals surface area contributed by atoms with Crippen molar-refractivity contribution in [1.82, 2.24) is 19.9 Å². The van der Waals surface area contributed by atoms with E-state index in [0.717, 1.165) is 41.2 Å². The molecular formula is C17H17ClN4. The molecular weight excluding hydrogens is 296 g/mol. The van der Waals surface area contributed by atoms with Gasteiger partial charge in [-0.15, -0.1) is 0 Å². The molecule has 0 aliphatic heterocycles. The summed E-state index contributed by atoms with van der Waals surface area (Å²) in [6.45, 7) is 0. The number of hydrogen-bond acceptors (Lipinski definition) is 3. The van der Waals surface area contributed by atoms with E-state index in [1.165, 1.54) is 24.8 Å². The van der Waals surface area contributed by atoms with E-state index in [1.54, 1.807) is 6.20 Å². The van der Waals surface area contributed by atoms with Crippen molar-refractivity contribution in [2.45, 2.75) is 32.1 Å². The van der Waals surface area contributed by atoms with E-state index in [0.29, 0.717) is 5.02 Å². The SMILES string of the molecule is Clc1cnc2[nH]cc(Cc3cnc(CC4CCC4)nc3)c2c1. The number of H-pyrrole nitrogens is 1. The molecule has 0 atom stereocenters. The van der Waals surface area contributed by atoms with Crippen LogP contribution in [-0.2, 0) is 12.8 Å². The quantitative estimate of drug-likeness (QED) is 0.794. The summed E-state index contributed by atoms with van der Waals surface area (Å²) in [5.41, 5.74) is 3.14. The lowest BCUT2D eigenvalue weighted by molar-refractivity contribution is 0.309. The van der Waals surface area contributed by atoms with E-state index in [2.05, 4.69) is 19.9 Å². The summed E-state index contributed by atoms with van der Waals surface area (Å²) in [6, 6.07) is 1.95. The van der Waals surface area contributed by atoms with E-state index >= 15 is 0 Å². The van der Waals surface area contributed by atoms with Gasteiger partial charge >= 0.3 is 0 Å². The number of aromatic nitrogens is 4. The number of pyridine rings is 1. The van der Waals surface area contributed by atoms with Gasteiger partial charge in [0.05, 0.1) is 5.02 Å². The molecule has 1 aliphatic rings. The average molecular weight is 313 g/mol. The number of nitrogens with zero attached hydrogens (tertiary/aromatic N) is 3. The van der Waals surface area contributed by atoms with Gasteiger partial charge in [-0.1, -0.05) is 30.9 Å². The van der Waals surface area contributed by atoms with Crippen molar-refractivity contribution in [3.8, 4) is 0 Å². The second kappa shape index (κ2) is 5.69. The van der Waals surface area contributed by atoms with Crippen LogP contribution in [0.25, 0.3) is 11.0 Å². The van der Waals surface area contributed by atoms with Crippen LogP contribution in [0.15, 0.2) is 30.9 Å². The molecule has 0 aromatic carbocycles. The fourth-order valence-corrected chi connectivity index (χ4v) is 3.09. The second-order valence-corrected chi connectivity index (χ2v) is 6.49. The van der Waals surface area contributed by atoms with Crippen LogP contribution in [-0.4, -0.2) is 19.9 Å². The molecule has 0 saturated heterocycles. The van der Waals surface area contributed by atoms with E-state index in [-0.39, 0.29) is 0 Å². The summed E-state index contributed by atoms with van der Waals surface area (Å²) in [6.07, 6.45) is 13.3. The molecule has 1 fully saturated rings. The molecule has 1 aliphatic carbocycles. The lowest BCUT2D eigenvalue weighted by Crippen LogP contribution is -2.15. The first-order chi connectivity index (χ1) is 10.8. The average Bonchev–Trinajstić information content (AvgIpc) is 2.87. The minimum Gasteiger partial charge on any atom is -0.346 e. The molecule has 3 aromatic heterocycles. The molecule has 112 valence electrons. The highest BCUT2D eigenvalue weighted by Gasteiger charge is 2.18. The van der Waals surface area contributed by atoms with Gasteiger partial charge in [0.25, 0.3) is 0 Å². The summed E-state index contributed by atoms with van der Waals surface area (Å²) in [5.74, 6) is 1.77. The number of rotatable bonds is 4. The van der Waals surface area contributed by atoms with E-state index < -0.39 is 0 Å². The maximum atomic E-state index is 6.04. The maximum Gasteiger partial charge on any atom is 0.137 e. The Kier molecular flexibility index (Phi) is 3.54. The van der Waals surface area contributed by atoms with Crippen molar-refractivity contribution in [1.29, 1.82) is 0 Å². The Bertz CT molecular complexity index is 790. The molecule has 4 rings (SSSR count). The Hall–Kier alpha value is -1.94. The van der Waals surface area contributed by atoms with Crippen LogP contribution >= 0.6 is 11.6 Å². The first kappa shape index (κ1) is 13.7. The third-order valence-electron chi connectivity index (χ3n) is 4.43. The molecule has 0 bridgehead atoms. The zero-order valence-corrected chi connectivity index (χ0v) is 13.0. The first-order valence-electron chi connectivity index (χ1n) is 7.69. The van der Waals surface area contributed by atoms with Crippen LogP contribution in [0.3, 0.4) is 0 Å². The standard InChI is InChI=1S/C17H17ClN4/c18-14-6-15-13(9-21-17(15)22-10-14)4-12-7-19-16(20-8-12)5-11-2-1-3-11/h6-11H,1-5H2,(H,21,22). The van der Waals surface area contributed by atoms with Crippen LogP contribution in [0.4, 0.5) is 0 Å². The molecule has 5 heteroatoms. The van der Waals surface area contributed by atoms with Crippen molar-refractivity contribution in [2.24, 2.45) is 5.92 Å². The van der Waals surface area contributed by atoms with Crippen molar-refractivity contribution in [3.63, 3.8) is 0 Å². The fourth-order valence-electron chi connectivity index (χ4n) is 2.93. The second-order valence-electron chi connectivity index (χ2n) is 6.05. The van der Waals surface area contributed by atoms with Crippen LogP contribution in [0.1, 0.15) is 36.2 Å². The molecule has 0 amide bonds. The Morgan fingerprint density at radius 1 is 1.14 bits per heavy atom. The smallest absolute Gasteiger partial charge is 0.137 e. The number of aromatic amines is 1. The van der Waals surface area contributed by atoms with Crippen LogP contribution < -0.4 is 0 Å². The lowest BCUT2D eigenvalue weighted by atomic mass is 9.83. The Morgan fingerprint density at radius 3 is 2.68 bits per heavy atom. The number of nitrogens with one attached hydrogen (secondary N) is 1. The molecule has 0 unspecified atom stereocenters. The van der Waals surface area contributed by atoms with E-state index in [9.17, 15) is 0 Å². The summed E-state index contributed by atoms with van der Waals surface area (Å²) in [7, 11) is 0. The van der Waals surface area contributed by atoms with Gasteiger partial charge in [0, 0.05) is 43.0 Å². The summed E-state index contributed by atoms with van der Waals surface area (Å²) < 4.78 is 0. The van der Waals surface area contributed by atoms with Crippen molar-refractivity contribution in [3.05, 3.63) is 52.8 Å². The van der Waals surface area contributed by atoms with E-state index in [4.69, 9.17) is 11.6 Å². The predicted octanol–water partition coefficient (Wildman–Crippen LogP) is 3.94. The van der Waals surface area contributed by atoms with Crippen LogP contribution in [0.2, 0.25) is 5.02 Å². The maximum absolute atomic E-state index is 6.04. The van der Waals surface area contributed by atoms with Crippen LogP contribution in [0, 0.1) is 5.92 Å². The molecule has 1 N–H and O–H groups in total. The predicted molar refractivity (Wildman–Crippen MR) is 87.0 cm³/mol. The molecule has 1 saturated carbocycles. The summed E-state index contributed by atoms with van der Waals surface area (Å²) in [5, 5.41) is 1.71. The number of fused-ring (bicyclic) bond motifs is 1. The monoisotopic (exact) mass is 312 g/mol. The number of halogens is 1. The highest BCUT2D eigenvalue weighted by molar-refractivity contribution is 6.31. The molecule has 4 nitrogen and oxygen atoms in total. The minimum atomic E-state index is 0.653. The highest BCUT2D eigenvalue weighted by atomic mass is 35.5. The van der Waals surface area contributed by atoms with Crippen molar-refractivity contribution in [2.75, 3.05) is 0 Å². The molecule has 0 spiro atoms. The third-order valence-corrected chi connectivity index (χ3v) is 4.64.